The lowest BCUT2D eigenvalue weighted by Gasteiger charge is -2.03. The molecular formula is C27H19NO. The van der Waals surface area contributed by atoms with Crippen LogP contribution in [0.1, 0.15) is 11.1 Å². The molecule has 0 spiro atoms. The van der Waals surface area contributed by atoms with Gasteiger partial charge in [-0.1, -0.05) is 72.5 Å². The molecule has 0 atom stereocenters. The summed E-state index contributed by atoms with van der Waals surface area (Å²) in [5.74, 6) is 7.66. The average Bonchev–Trinajstić information content (AvgIpc) is 3.16. The standard InChI is InChI=1S/C27H19NO/c1-29-23-15-14-21-17-19(11-13-22(21)18-23)12-16-25-24-9-5-6-10-26(24)28-27(25)20-7-3-2-4-8-20/h2-11,13-15,17-18,28H,1H3. The number of para-hydroxylation sites is 1. The van der Waals surface area contributed by atoms with E-state index in [2.05, 4.69) is 83.6 Å². The van der Waals surface area contributed by atoms with Crippen LogP contribution >= 0.6 is 0 Å². The van der Waals surface area contributed by atoms with Gasteiger partial charge in [-0.3, -0.25) is 0 Å². The van der Waals surface area contributed by atoms with Crippen LogP contribution < -0.4 is 4.74 Å². The third-order valence-corrected chi connectivity index (χ3v) is 5.15. The molecule has 0 aliphatic carbocycles. The van der Waals surface area contributed by atoms with E-state index >= 15 is 0 Å². The summed E-state index contributed by atoms with van der Waals surface area (Å²) in [6.45, 7) is 0. The van der Waals surface area contributed by atoms with Crippen molar-refractivity contribution in [2.45, 2.75) is 0 Å². The van der Waals surface area contributed by atoms with Crippen LogP contribution in [0.3, 0.4) is 0 Å². The Bertz CT molecular complexity index is 1380. The highest BCUT2D eigenvalue weighted by Crippen LogP contribution is 2.29. The number of ether oxygens (including phenoxy) is 1. The monoisotopic (exact) mass is 373 g/mol. The molecule has 0 fully saturated rings. The molecule has 0 bridgehead atoms. The van der Waals surface area contributed by atoms with Crippen LogP contribution in [-0.2, 0) is 0 Å². The molecule has 5 aromatic rings. The van der Waals surface area contributed by atoms with E-state index in [1.165, 1.54) is 0 Å². The fourth-order valence-corrected chi connectivity index (χ4v) is 3.66. The van der Waals surface area contributed by atoms with Crippen molar-refractivity contribution in [3.63, 3.8) is 0 Å². The second kappa shape index (κ2) is 7.22. The quantitative estimate of drug-likeness (QED) is 0.356. The largest absolute Gasteiger partial charge is 0.497 e. The van der Waals surface area contributed by atoms with Gasteiger partial charge >= 0.3 is 0 Å². The Labute approximate surface area is 169 Å². The van der Waals surface area contributed by atoms with Gasteiger partial charge in [-0.05, 0) is 46.7 Å². The van der Waals surface area contributed by atoms with E-state index in [1.807, 2.05) is 24.3 Å². The molecule has 138 valence electrons. The van der Waals surface area contributed by atoms with Gasteiger partial charge in [0.2, 0.25) is 0 Å². The van der Waals surface area contributed by atoms with E-state index < -0.39 is 0 Å². The van der Waals surface area contributed by atoms with Gasteiger partial charge < -0.3 is 9.72 Å². The summed E-state index contributed by atoms with van der Waals surface area (Å²) in [5, 5.41) is 3.44. The van der Waals surface area contributed by atoms with E-state index in [-0.39, 0.29) is 0 Å². The Morgan fingerprint density at radius 2 is 1.48 bits per heavy atom. The van der Waals surface area contributed by atoms with Gasteiger partial charge in [0.1, 0.15) is 5.75 Å². The molecule has 1 N–H and O–H groups in total. The summed E-state index contributed by atoms with van der Waals surface area (Å²) in [5.41, 5.74) is 5.32. The van der Waals surface area contributed by atoms with Crippen molar-refractivity contribution in [1.29, 1.82) is 0 Å². The highest BCUT2D eigenvalue weighted by Gasteiger charge is 2.10. The highest BCUT2D eigenvalue weighted by atomic mass is 16.5. The molecule has 0 aliphatic heterocycles. The van der Waals surface area contributed by atoms with Crippen molar-refractivity contribution in [2.24, 2.45) is 0 Å². The third-order valence-electron chi connectivity index (χ3n) is 5.15. The first-order valence-electron chi connectivity index (χ1n) is 9.58. The molecule has 0 radical (unpaired) electrons. The number of nitrogens with one attached hydrogen (secondary N) is 1. The molecule has 1 aromatic heterocycles. The Hall–Kier alpha value is -3.96. The molecule has 2 heteroatoms. The molecule has 0 saturated carbocycles. The van der Waals surface area contributed by atoms with Gasteiger partial charge in [0, 0.05) is 16.5 Å². The van der Waals surface area contributed by atoms with Gasteiger partial charge in [0.05, 0.1) is 18.4 Å². The van der Waals surface area contributed by atoms with Gasteiger partial charge in [-0.25, -0.2) is 0 Å². The van der Waals surface area contributed by atoms with Crippen molar-refractivity contribution in [1.82, 2.24) is 4.98 Å². The van der Waals surface area contributed by atoms with Crippen LogP contribution in [0.25, 0.3) is 32.9 Å². The Balaban J connectivity index is 1.63. The number of hydrogen-bond acceptors (Lipinski definition) is 1. The van der Waals surface area contributed by atoms with Crippen molar-refractivity contribution in [3.05, 3.63) is 102 Å². The van der Waals surface area contributed by atoms with Crippen molar-refractivity contribution >= 4 is 21.7 Å². The Morgan fingerprint density at radius 1 is 0.724 bits per heavy atom. The number of methoxy groups -OCH3 is 1. The number of aromatic nitrogens is 1. The maximum atomic E-state index is 5.31. The van der Waals surface area contributed by atoms with Crippen LogP contribution in [0.5, 0.6) is 5.75 Å². The molecule has 0 saturated heterocycles. The second-order valence-corrected chi connectivity index (χ2v) is 6.96. The van der Waals surface area contributed by atoms with Crippen molar-refractivity contribution < 1.29 is 4.74 Å². The predicted molar refractivity (Wildman–Crippen MR) is 120 cm³/mol. The number of aromatic amines is 1. The molecule has 29 heavy (non-hydrogen) atoms. The number of fused-ring (bicyclic) bond motifs is 2. The summed E-state index contributed by atoms with van der Waals surface area (Å²) < 4.78 is 5.31. The van der Waals surface area contributed by atoms with E-state index in [9.17, 15) is 0 Å². The molecule has 0 unspecified atom stereocenters. The fraction of sp³-hybridized carbons (Fsp3) is 0.0370. The molecule has 0 amide bonds. The number of H-pyrrole nitrogens is 1. The van der Waals surface area contributed by atoms with Crippen LogP contribution in [-0.4, -0.2) is 12.1 Å². The lowest BCUT2D eigenvalue weighted by atomic mass is 10.0. The predicted octanol–water partition coefficient (Wildman–Crippen LogP) is 6.40. The summed E-state index contributed by atoms with van der Waals surface area (Å²) in [6, 6.07) is 31.0. The molecular weight excluding hydrogens is 354 g/mol. The van der Waals surface area contributed by atoms with Gasteiger partial charge in [0.15, 0.2) is 0 Å². The summed E-state index contributed by atoms with van der Waals surface area (Å²) in [4.78, 5) is 3.54. The smallest absolute Gasteiger partial charge is 0.119 e. The van der Waals surface area contributed by atoms with E-state index in [1.54, 1.807) is 7.11 Å². The van der Waals surface area contributed by atoms with Crippen LogP contribution in [0, 0.1) is 11.8 Å². The zero-order chi connectivity index (χ0) is 19.6. The molecule has 1 heterocycles. The van der Waals surface area contributed by atoms with Crippen LogP contribution in [0.2, 0.25) is 0 Å². The lowest BCUT2D eigenvalue weighted by Crippen LogP contribution is -1.84. The minimum absolute atomic E-state index is 0.864. The molecule has 0 aliphatic rings. The zero-order valence-corrected chi connectivity index (χ0v) is 16.1. The third kappa shape index (κ3) is 3.24. The number of benzene rings is 4. The van der Waals surface area contributed by atoms with Crippen LogP contribution in [0.15, 0.2) is 91.0 Å². The van der Waals surface area contributed by atoms with Gasteiger partial charge in [-0.15, -0.1) is 0 Å². The first-order valence-corrected chi connectivity index (χ1v) is 9.58. The summed E-state index contributed by atoms with van der Waals surface area (Å²) in [6.07, 6.45) is 0. The number of hydrogen-bond donors (Lipinski definition) is 1. The molecule has 2 nitrogen and oxygen atoms in total. The van der Waals surface area contributed by atoms with Crippen molar-refractivity contribution in [3.8, 4) is 28.8 Å². The van der Waals surface area contributed by atoms with Gasteiger partial charge in [0.25, 0.3) is 0 Å². The normalized spacial score (nSPS) is 10.7. The van der Waals surface area contributed by atoms with Crippen molar-refractivity contribution in [2.75, 3.05) is 7.11 Å². The van der Waals surface area contributed by atoms with Gasteiger partial charge in [-0.2, -0.15) is 0 Å². The average molecular weight is 373 g/mol. The lowest BCUT2D eigenvalue weighted by molar-refractivity contribution is 0.415. The summed E-state index contributed by atoms with van der Waals surface area (Å²) in [7, 11) is 1.69. The maximum absolute atomic E-state index is 5.31. The first-order chi connectivity index (χ1) is 14.3. The summed E-state index contributed by atoms with van der Waals surface area (Å²) >= 11 is 0. The van der Waals surface area contributed by atoms with E-state index in [0.717, 1.165) is 49.8 Å². The minimum Gasteiger partial charge on any atom is -0.497 e. The Morgan fingerprint density at radius 3 is 2.34 bits per heavy atom. The maximum Gasteiger partial charge on any atom is 0.119 e. The number of rotatable bonds is 2. The second-order valence-electron chi connectivity index (χ2n) is 6.96. The van der Waals surface area contributed by atoms with E-state index in [4.69, 9.17) is 4.74 Å². The first kappa shape index (κ1) is 17.2. The van der Waals surface area contributed by atoms with E-state index in [0.29, 0.717) is 0 Å². The van der Waals surface area contributed by atoms with Crippen LogP contribution in [0.4, 0.5) is 0 Å². The topological polar surface area (TPSA) is 25.0 Å². The highest BCUT2D eigenvalue weighted by molar-refractivity contribution is 5.94. The molecule has 5 rings (SSSR count). The minimum atomic E-state index is 0.864. The SMILES string of the molecule is COc1ccc2cc(C#Cc3c(-c4ccccc4)[nH]c4ccccc34)ccc2c1. The zero-order valence-electron chi connectivity index (χ0n) is 16.1. The Kier molecular flexibility index (Phi) is 4.27. The fourth-order valence-electron chi connectivity index (χ4n) is 3.66. The molecule has 4 aromatic carbocycles.